The molecule has 0 saturated carbocycles. The minimum Gasteiger partial charge on any atom is 0 e. The van der Waals surface area contributed by atoms with Crippen LogP contribution in [0.4, 0.5) is 0 Å². The summed E-state index contributed by atoms with van der Waals surface area (Å²) in [5.41, 5.74) is 0. The van der Waals surface area contributed by atoms with Crippen LogP contribution in [0.1, 0.15) is 13.8 Å². The second-order valence-electron chi connectivity index (χ2n) is 1.98. The standard InChI is InChI=1S/C7H11.3V/c1-4-5-6-7(2)3;;;/h4-5,7H,1H2,2-3H3;;;/q-1;;;/b5-4-;;;. The van der Waals surface area contributed by atoms with Gasteiger partial charge in [-0.05, 0) is 0 Å². The Bertz CT molecular complexity index is 105. The summed E-state index contributed by atoms with van der Waals surface area (Å²) in [5.74, 6) is 0.632. The normalized spacial score (nSPS) is 8.60. The summed E-state index contributed by atoms with van der Waals surface area (Å²) >= 11 is 2.54. The van der Waals surface area contributed by atoms with Crippen LogP contribution in [0.3, 0.4) is 0 Å². The first-order chi connectivity index (χ1) is 3.68. The van der Waals surface area contributed by atoms with Crippen LogP contribution in [-0.2, 0) is 54.1 Å². The molecule has 2 radical (unpaired) electrons. The van der Waals surface area contributed by atoms with Gasteiger partial charge in [0.15, 0.2) is 0 Å². The minimum atomic E-state index is 0. The molecule has 0 saturated heterocycles. The molecule has 0 fully saturated rings. The van der Waals surface area contributed by atoms with Crippen LogP contribution in [-0.4, -0.2) is 4.23 Å². The van der Waals surface area contributed by atoms with E-state index in [1.54, 1.807) is 0 Å². The van der Waals surface area contributed by atoms with Crippen molar-refractivity contribution in [2.45, 2.75) is 13.8 Å². The molecule has 0 aliphatic heterocycles. The summed E-state index contributed by atoms with van der Waals surface area (Å²) in [5, 5.41) is 0. The van der Waals surface area contributed by atoms with Gasteiger partial charge in [0.25, 0.3) is 0 Å². The zero-order chi connectivity index (χ0) is 6.57. The number of hydrogen-bond acceptors (Lipinski definition) is 0. The molecule has 0 unspecified atom stereocenters. The molecular weight excluding hydrogens is 237 g/mol. The van der Waals surface area contributed by atoms with E-state index in [1.807, 2.05) is 12.2 Å². The predicted octanol–water partition coefficient (Wildman–Crippen LogP) is 1.75. The average molecular weight is 248 g/mol. The fourth-order valence-electron chi connectivity index (χ4n) is 0.313. The van der Waals surface area contributed by atoms with E-state index in [9.17, 15) is 0 Å². The van der Waals surface area contributed by atoms with Crippen LogP contribution >= 0.6 is 0 Å². The van der Waals surface area contributed by atoms with Gasteiger partial charge in [-0.3, -0.25) is 0 Å². The molecular formula is C7H11V3-. The van der Waals surface area contributed by atoms with Gasteiger partial charge in [-0.25, -0.2) is 0 Å². The Hall–Kier alpha value is 1.23. The summed E-state index contributed by atoms with van der Waals surface area (Å²) in [6.45, 7) is 7.92. The van der Waals surface area contributed by atoms with Gasteiger partial charge in [0, 0.05) is 37.1 Å². The molecule has 0 rings (SSSR count). The minimum absolute atomic E-state index is 0. The molecule has 0 aromatic heterocycles. The molecule has 3 heteroatoms. The van der Waals surface area contributed by atoms with E-state index in [-0.39, 0.29) is 37.1 Å². The number of allylic oxidation sites excluding steroid dienone is 2. The first kappa shape index (κ1) is 17.4. The molecule has 0 nitrogen and oxygen atoms in total. The molecule has 0 spiro atoms. The number of hydrogen-bond donors (Lipinski definition) is 0. The van der Waals surface area contributed by atoms with Crippen molar-refractivity contribution in [3.05, 3.63) is 19.1 Å². The third-order valence-electron chi connectivity index (χ3n) is 0.880. The fraction of sp³-hybridized carbons (Fsp3) is 0.429. The van der Waals surface area contributed by atoms with Gasteiger partial charge in [0.1, 0.15) is 0 Å². The second-order valence-corrected chi connectivity index (χ2v) is 2.79. The predicted molar refractivity (Wildman–Crippen MR) is 34.3 cm³/mol. The Morgan fingerprint density at radius 1 is 1.40 bits per heavy atom. The quantitative estimate of drug-likeness (QED) is 0.653. The third kappa shape index (κ3) is 9.23. The summed E-state index contributed by atoms with van der Waals surface area (Å²) in [4.78, 5) is 0. The van der Waals surface area contributed by atoms with Crippen molar-refractivity contribution >= 4 is 4.23 Å². The molecule has 0 bridgehead atoms. The molecule has 0 aromatic rings. The molecule has 0 amide bonds. The maximum absolute atomic E-state index is 3.60. The third-order valence-corrected chi connectivity index (χ3v) is 1.92. The largest absolute Gasteiger partial charge is 0 e. The Balaban J connectivity index is -0.000000245. The smallest absolute Gasteiger partial charge is 0 e. The summed E-state index contributed by atoms with van der Waals surface area (Å²) in [6, 6.07) is 0. The zero-order valence-corrected chi connectivity index (χ0v) is 10.5. The van der Waals surface area contributed by atoms with Crippen molar-refractivity contribution < 1.29 is 54.1 Å². The molecule has 0 aromatic carbocycles. The zero-order valence-electron chi connectivity index (χ0n) is 6.28. The van der Waals surface area contributed by atoms with E-state index < -0.39 is 0 Å². The van der Waals surface area contributed by atoms with E-state index in [4.69, 9.17) is 0 Å². The first-order valence-electron chi connectivity index (χ1n) is 2.70. The van der Waals surface area contributed by atoms with Gasteiger partial charge >= 0.3 is 60.0 Å². The second kappa shape index (κ2) is 10.2. The van der Waals surface area contributed by atoms with E-state index in [0.717, 1.165) is 0 Å². The molecule has 10 heavy (non-hydrogen) atoms. The van der Waals surface area contributed by atoms with Crippen LogP contribution in [0.5, 0.6) is 0 Å². The number of rotatable bonds is 2. The Morgan fingerprint density at radius 2 is 1.80 bits per heavy atom. The Labute approximate surface area is 96.5 Å². The van der Waals surface area contributed by atoms with Crippen molar-refractivity contribution in [1.29, 1.82) is 0 Å². The summed E-state index contributed by atoms with van der Waals surface area (Å²) in [7, 11) is 0. The molecule has 0 heterocycles. The van der Waals surface area contributed by atoms with Gasteiger partial charge < -0.3 is 0 Å². The molecule has 0 N–H and O–H groups in total. The van der Waals surface area contributed by atoms with E-state index >= 15 is 0 Å². The van der Waals surface area contributed by atoms with Crippen LogP contribution in [0, 0.1) is 12.8 Å². The Kier molecular flexibility index (Phi) is 17.8. The van der Waals surface area contributed by atoms with Crippen LogP contribution < -0.4 is 0 Å². The van der Waals surface area contributed by atoms with Crippen molar-refractivity contribution in [1.82, 2.24) is 0 Å². The van der Waals surface area contributed by atoms with E-state index in [2.05, 4.69) is 37.8 Å². The van der Waals surface area contributed by atoms with Crippen molar-refractivity contribution in [2.24, 2.45) is 5.92 Å². The molecule has 0 atom stereocenters. The van der Waals surface area contributed by atoms with E-state index in [1.165, 1.54) is 4.23 Å². The SMILES string of the molecule is [CH2-]/C=C\[C](=[V])C(C)C.[V].[V]. The molecule has 0 aliphatic carbocycles. The maximum Gasteiger partial charge on any atom is 0 e. The maximum atomic E-state index is 3.60. The summed E-state index contributed by atoms with van der Waals surface area (Å²) in [6.07, 6.45) is 3.83. The average Bonchev–Trinajstić information content (AvgIpc) is 1.67. The summed E-state index contributed by atoms with van der Waals surface area (Å²) < 4.78 is 1.33. The first-order valence-corrected chi connectivity index (χ1v) is 3.40. The van der Waals surface area contributed by atoms with Crippen molar-refractivity contribution in [3.63, 3.8) is 0 Å². The van der Waals surface area contributed by atoms with Crippen LogP contribution in [0.2, 0.25) is 0 Å². The van der Waals surface area contributed by atoms with E-state index in [0.29, 0.717) is 5.92 Å². The topological polar surface area (TPSA) is 0 Å². The van der Waals surface area contributed by atoms with Gasteiger partial charge in [-0.15, -0.1) is 0 Å². The van der Waals surface area contributed by atoms with Gasteiger partial charge in [0.05, 0.1) is 0 Å². The Morgan fingerprint density at radius 3 is 1.90 bits per heavy atom. The molecule has 55 valence electrons. The van der Waals surface area contributed by atoms with Gasteiger partial charge in [-0.1, -0.05) is 0 Å². The van der Waals surface area contributed by atoms with Crippen LogP contribution in [0.25, 0.3) is 0 Å². The van der Waals surface area contributed by atoms with Crippen molar-refractivity contribution in [3.8, 4) is 0 Å². The molecule has 0 aliphatic rings. The monoisotopic (exact) mass is 248 g/mol. The van der Waals surface area contributed by atoms with Gasteiger partial charge in [-0.2, -0.15) is 0 Å². The van der Waals surface area contributed by atoms with Crippen LogP contribution in [0.15, 0.2) is 12.2 Å². The van der Waals surface area contributed by atoms with Crippen molar-refractivity contribution in [2.75, 3.05) is 0 Å². The fourth-order valence-corrected chi connectivity index (χ4v) is 0.478. The van der Waals surface area contributed by atoms with Gasteiger partial charge in [0.2, 0.25) is 0 Å².